The second-order valence-electron chi connectivity index (χ2n) is 14.9. The van der Waals surface area contributed by atoms with Gasteiger partial charge in [-0.25, -0.2) is 0 Å². The Labute approximate surface area is 337 Å². The van der Waals surface area contributed by atoms with Crippen molar-refractivity contribution in [2.75, 3.05) is 4.90 Å². The molecule has 58 heavy (non-hydrogen) atoms. The number of hydrogen-bond acceptors (Lipinski definition) is 2. The Bertz CT molecular complexity index is 3260. The van der Waals surface area contributed by atoms with Crippen LogP contribution in [0.4, 0.5) is 17.1 Å². The first kappa shape index (κ1) is 33.6. The van der Waals surface area contributed by atoms with Crippen LogP contribution in [0.5, 0.6) is 0 Å². The summed E-state index contributed by atoms with van der Waals surface area (Å²) in [5.41, 5.74) is 14.5. The number of hydrogen-bond donors (Lipinski definition) is 0. The Morgan fingerprint density at radius 1 is 0.276 bits per heavy atom. The molecule has 0 saturated heterocycles. The van der Waals surface area contributed by atoms with E-state index in [0.717, 1.165) is 50.1 Å². The predicted molar refractivity (Wildman–Crippen MR) is 245 cm³/mol. The molecular formula is C56H37NO. The summed E-state index contributed by atoms with van der Waals surface area (Å²) in [6, 6.07) is 80.8. The van der Waals surface area contributed by atoms with Crippen molar-refractivity contribution < 1.29 is 4.42 Å². The lowest BCUT2D eigenvalue weighted by Crippen LogP contribution is -2.11. The van der Waals surface area contributed by atoms with Gasteiger partial charge in [-0.1, -0.05) is 170 Å². The van der Waals surface area contributed by atoms with E-state index in [1.165, 1.54) is 54.9 Å². The van der Waals surface area contributed by atoms with Crippen LogP contribution in [0.25, 0.3) is 88.0 Å². The van der Waals surface area contributed by atoms with Crippen LogP contribution in [-0.4, -0.2) is 0 Å². The molecule has 1 aromatic heterocycles. The van der Waals surface area contributed by atoms with Gasteiger partial charge in [0, 0.05) is 27.7 Å². The summed E-state index contributed by atoms with van der Waals surface area (Å²) in [6.45, 7) is 0. The Morgan fingerprint density at radius 3 is 1.57 bits per heavy atom. The van der Waals surface area contributed by atoms with E-state index in [4.69, 9.17) is 4.42 Å². The summed E-state index contributed by atoms with van der Waals surface area (Å²) in [5.74, 6) is 0. The summed E-state index contributed by atoms with van der Waals surface area (Å²) in [7, 11) is 0. The molecule has 0 fully saturated rings. The molecule has 1 heterocycles. The Hall–Kier alpha value is -7.68. The van der Waals surface area contributed by atoms with Crippen molar-refractivity contribution in [2.24, 2.45) is 0 Å². The highest BCUT2D eigenvalue weighted by Gasteiger charge is 2.19. The number of anilines is 3. The number of rotatable bonds is 7. The zero-order chi connectivity index (χ0) is 38.4. The summed E-state index contributed by atoms with van der Waals surface area (Å²) in [5, 5.41) is 7.24. The molecule has 0 saturated carbocycles. The molecule has 0 aliphatic rings. The van der Waals surface area contributed by atoms with Gasteiger partial charge in [0.05, 0.1) is 5.69 Å². The van der Waals surface area contributed by atoms with Crippen LogP contribution in [-0.2, 0) is 0 Å². The first-order valence-electron chi connectivity index (χ1n) is 19.8. The fraction of sp³-hybridized carbons (Fsp3) is 0. The highest BCUT2D eigenvalue weighted by Crippen LogP contribution is 2.43. The van der Waals surface area contributed by atoms with Gasteiger partial charge in [0.1, 0.15) is 11.2 Å². The van der Waals surface area contributed by atoms with Gasteiger partial charge in [0.25, 0.3) is 0 Å². The lowest BCUT2D eigenvalue weighted by molar-refractivity contribution is 0.669. The standard InChI is InChI=1S/C56H37NO/c1-2-12-44-36-45(25-24-38(44)10-1)41-22-20-39(21-23-41)40-26-31-47(32-27-40)57(48-33-28-43(29-34-48)50-17-9-13-42-11-3-4-14-49(42)50)54-18-7-5-15-51(54)46-30-35-56-53(37-46)52-16-6-8-19-55(52)58-56/h1-37H. The lowest BCUT2D eigenvalue weighted by Gasteiger charge is -2.28. The quantitative estimate of drug-likeness (QED) is 0.162. The molecule has 2 heteroatoms. The van der Waals surface area contributed by atoms with Crippen molar-refractivity contribution in [3.63, 3.8) is 0 Å². The van der Waals surface area contributed by atoms with Crippen molar-refractivity contribution in [1.82, 2.24) is 0 Å². The van der Waals surface area contributed by atoms with E-state index in [1.807, 2.05) is 12.1 Å². The average molecular weight is 740 g/mol. The molecule has 0 spiro atoms. The molecule has 0 amide bonds. The summed E-state index contributed by atoms with van der Waals surface area (Å²) < 4.78 is 6.22. The third-order valence-electron chi connectivity index (χ3n) is 11.5. The Kier molecular flexibility index (Phi) is 8.19. The molecule has 0 atom stereocenters. The maximum atomic E-state index is 6.22. The highest BCUT2D eigenvalue weighted by atomic mass is 16.3. The third-order valence-corrected chi connectivity index (χ3v) is 11.5. The minimum Gasteiger partial charge on any atom is -0.456 e. The summed E-state index contributed by atoms with van der Waals surface area (Å²) >= 11 is 0. The lowest BCUT2D eigenvalue weighted by atomic mass is 9.97. The molecule has 10 aromatic carbocycles. The number of benzene rings is 10. The van der Waals surface area contributed by atoms with Gasteiger partial charge in [-0.2, -0.15) is 0 Å². The summed E-state index contributed by atoms with van der Waals surface area (Å²) in [4.78, 5) is 2.38. The Balaban J connectivity index is 0.992. The van der Waals surface area contributed by atoms with Crippen molar-refractivity contribution in [2.45, 2.75) is 0 Å². The molecule has 0 bridgehead atoms. The fourth-order valence-electron chi connectivity index (χ4n) is 8.53. The maximum absolute atomic E-state index is 6.22. The number of nitrogens with zero attached hydrogens (tertiary/aromatic N) is 1. The van der Waals surface area contributed by atoms with E-state index in [2.05, 4.69) is 217 Å². The van der Waals surface area contributed by atoms with Gasteiger partial charge in [-0.15, -0.1) is 0 Å². The van der Waals surface area contributed by atoms with Crippen molar-refractivity contribution in [3.05, 3.63) is 224 Å². The molecule has 0 radical (unpaired) electrons. The predicted octanol–water partition coefficient (Wildman–Crippen LogP) is 16.0. The number of para-hydroxylation sites is 2. The smallest absolute Gasteiger partial charge is 0.135 e. The Morgan fingerprint density at radius 2 is 0.793 bits per heavy atom. The van der Waals surface area contributed by atoms with Gasteiger partial charge in [-0.3, -0.25) is 0 Å². The highest BCUT2D eigenvalue weighted by molar-refractivity contribution is 6.07. The van der Waals surface area contributed by atoms with Gasteiger partial charge in [0.15, 0.2) is 0 Å². The van der Waals surface area contributed by atoms with Crippen molar-refractivity contribution in [1.29, 1.82) is 0 Å². The van der Waals surface area contributed by atoms with Gasteiger partial charge < -0.3 is 9.32 Å². The topological polar surface area (TPSA) is 16.4 Å². The normalized spacial score (nSPS) is 11.4. The zero-order valence-electron chi connectivity index (χ0n) is 31.7. The third kappa shape index (κ3) is 6.00. The van der Waals surface area contributed by atoms with E-state index in [1.54, 1.807) is 0 Å². The van der Waals surface area contributed by atoms with E-state index in [-0.39, 0.29) is 0 Å². The molecule has 0 N–H and O–H groups in total. The molecule has 11 aromatic rings. The summed E-state index contributed by atoms with van der Waals surface area (Å²) in [6.07, 6.45) is 0. The molecule has 0 unspecified atom stereocenters. The molecular weight excluding hydrogens is 703 g/mol. The van der Waals surface area contributed by atoms with Crippen molar-refractivity contribution in [3.8, 4) is 44.5 Å². The molecule has 0 aliphatic carbocycles. The van der Waals surface area contributed by atoms with E-state index in [9.17, 15) is 0 Å². The van der Waals surface area contributed by atoms with Crippen molar-refractivity contribution >= 4 is 60.5 Å². The van der Waals surface area contributed by atoms with Gasteiger partial charge in [-0.05, 0) is 115 Å². The van der Waals surface area contributed by atoms with E-state index < -0.39 is 0 Å². The van der Waals surface area contributed by atoms with Crippen LogP contribution in [0.2, 0.25) is 0 Å². The fourth-order valence-corrected chi connectivity index (χ4v) is 8.53. The molecule has 2 nitrogen and oxygen atoms in total. The first-order chi connectivity index (χ1) is 28.7. The molecule has 0 aliphatic heterocycles. The average Bonchev–Trinajstić information content (AvgIpc) is 3.68. The van der Waals surface area contributed by atoms with E-state index in [0.29, 0.717) is 0 Å². The van der Waals surface area contributed by atoms with Gasteiger partial charge >= 0.3 is 0 Å². The van der Waals surface area contributed by atoms with Crippen LogP contribution >= 0.6 is 0 Å². The zero-order valence-corrected chi connectivity index (χ0v) is 31.7. The van der Waals surface area contributed by atoms with Crippen LogP contribution in [0, 0.1) is 0 Å². The van der Waals surface area contributed by atoms with Crippen LogP contribution in [0.3, 0.4) is 0 Å². The monoisotopic (exact) mass is 739 g/mol. The second kappa shape index (κ2) is 14.1. The molecule has 11 rings (SSSR count). The minimum absolute atomic E-state index is 0.893. The maximum Gasteiger partial charge on any atom is 0.135 e. The van der Waals surface area contributed by atoms with E-state index >= 15 is 0 Å². The van der Waals surface area contributed by atoms with Gasteiger partial charge in [0.2, 0.25) is 0 Å². The first-order valence-corrected chi connectivity index (χ1v) is 19.8. The largest absolute Gasteiger partial charge is 0.456 e. The van der Waals surface area contributed by atoms with Crippen LogP contribution in [0.15, 0.2) is 229 Å². The van der Waals surface area contributed by atoms with Crippen LogP contribution < -0.4 is 4.90 Å². The number of furan rings is 1. The van der Waals surface area contributed by atoms with Crippen LogP contribution in [0.1, 0.15) is 0 Å². The number of fused-ring (bicyclic) bond motifs is 5. The minimum atomic E-state index is 0.893. The SMILES string of the molecule is c1ccc(N(c2ccc(-c3ccc(-c4ccc5ccccc5c4)cc3)cc2)c2ccc(-c3cccc4ccccc34)cc2)c(-c2ccc3oc4ccccc4c3c2)c1. The second-order valence-corrected chi connectivity index (χ2v) is 14.9. The molecule has 272 valence electrons.